The van der Waals surface area contributed by atoms with E-state index in [2.05, 4.69) is 18.9 Å². The fourth-order valence-corrected chi connectivity index (χ4v) is 2.90. The zero-order valence-corrected chi connectivity index (χ0v) is 9.15. The van der Waals surface area contributed by atoms with E-state index in [1.54, 1.807) is 0 Å². The second kappa shape index (κ2) is 4.17. The van der Waals surface area contributed by atoms with Gasteiger partial charge in [0.15, 0.2) is 0 Å². The number of rotatable bonds is 2. The summed E-state index contributed by atoms with van der Waals surface area (Å²) in [5.74, 6) is 0. The minimum atomic E-state index is -0.118. The molecule has 0 aromatic rings. The predicted molar refractivity (Wildman–Crippen MR) is 55.2 cm³/mol. The molecule has 0 spiro atoms. The summed E-state index contributed by atoms with van der Waals surface area (Å²) >= 11 is 0. The highest BCUT2D eigenvalue weighted by atomic mass is 16.5. The number of likely N-dealkylation sites (N-methyl/N-ethyl adjacent to an activating group) is 1. The van der Waals surface area contributed by atoms with E-state index in [0.717, 1.165) is 32.3 Å². The average Bonchev–Trinajstić information content (AvgIpc) is 2.73. The van der Waals surface area contributed by atoms with Crippen molar-refractivity contribution in [2.45, 2.75) is 56.9 Å². The summed E-state index contributed by atoms with van der Waals surface area (Å²) < 4.78 is 5.56. The molecule has 1 N–H and O–H groups in total. The Bertz CT molecular complexity index is 178. The minimum Gasteiger partial charge on any atom is -0.391 e. The van der Waals surface area contributed by atoms with Gasteiger partial charge in [-0.15, -0.1) is 0 Å². The second-order valence-corrected chi connectivity index (χ2v) is 4.66. The Labute approximate surface area is 86.0 Å². The van der Waals surface area contributed by atoms with Crippen LogP contribution in [0.5, 0.6) is 0 Å². The number of aliphatic hydroxyl groups is 1. The maximum Gasteiger partial charge on any atom is 0.0703 e. The summed E-state index contributed by atoms with van der Waals surface area (Å²) in [5.41, 5.74) is 0. The number of aliphatic hydroxyl groups excluding tert-OH is 1. The molecule has 14 heavy (non-hydrogen) atoms. The van der Waals surface area contributed by atoms with Crippen LogP contribution in [0.1, 0.15) is 32.6 Å². The van der Waals surface area contributed by atoms with E-state index >= 15 is 0 Å². The van der Waals surface area contributed by atoms with Gasteiger partial charge in [-0.25, -0.2) is 0 Å². The van der Waals surface area contributed by atoms with Crippen LogP contribution in [-0.4, -0.2) is 48.0 Å². The van der Waals surface area contributed by atoms with E-state index in [0.29, 0.717) is 18.2 Å². The van der Waals surface area contributed by atoms with Crippen LogP contribution >= 0.6 is 0 Å². The molecule has 4 unspecified atom stereocenters. The Morgan fingerprint density at radius 2 is 2.00 bits per heavy atom. The van der Waals surface area contributed by atoms with Crippen LogP contribution in [0, 0.1) is 0 Å². The molecule has 1 aliphatic carbocycles. The lowest BCUT2D eigenvalue weighted by molar-refractivity contribution is 0.0295. The number of nitrogens with zero attached hydrogens (tertiary/aromatic N) is 1. The average molecular weight is 199 g/mol. The lowest BCUT2D eigenvalue weighted by atomic mass is 10.1. The molecule has 1 saturated heterocycles. The van der Waals surface area contributed by atoms with Crippen molar-refractivity contribution < 1.29 is 9.84 Å². The van der Waals surface area contributed by atoms with Crippen LogP contribution in [0.4, 0.5) is 0 Å². The molecule has 1 heterocycles. The third-order valence-corrected chi connectivity index (χ3v) is 3.83. The van der Waals surface area contributed by atoms with Gasteiger partial charge < -0.3 is 9.84 Å². The van der Waals surface area contributed by atoms with Crippen molar-refractivity contribution in [2.75, 3.05) is 13.7 Å². The Morgan fingerprint density at radius 1 is 1.21 bits per heavy atom. The van der Waals surface area contributed by atoms with Crippen molar-refractivity contribution in [3.05, 3.63) is 0 Å². The highest BCUT2D eigenvalue weighted by Crippen LogP contribution is 2.28. The lowest BCUT2D eigenvalue weighted by Gasteiger charge is -2.33. The molecule has 82 valence electrons. The van der Waals surface area contributed by atoms with Crippen LogP contribution in [-0.2, 0) is 4.74 Å². The van der Waals surface area contributed by atoms with Gasteiger partial charge in [-0.3, -0.25) is 4.90 Å². The van der Waals surface area contributed by atoms with E-state index in [9.17, 15) is 5.11 Å². The third kappa shape index (κ3) is 1.81. The zero-order chi connectivity index (χ0) is 10.1. The van der Waals surface area contributed by atoms with Crippen LogP contribution in [0.3, 0.4) is 0 Å². The molecule has 3 nitrogen and oxygen atoms in total. The van der Waals surface area contributed by atoms with Crippen LogP contribution in [0.25, 0.3) is 0 Å². The summed E-state index contributed by atoms with van der Waals surface area (Å²) in [7, 11) is 2.13. The molecule has 0 aromatic carbocycles. The van der Waals surface area contributed by atoms with Crippen LogP contribution < -0.4 is 0 Å². The molecular weight excluding hydrogens is 178 g/mol. The molecule has 3 heteroatoms. The minimum absolute atomic E-state index is 0.118. The molecule has 0 amide bonds. The van der Waals surface area contributed by atoms with E-state index < -0.39 is 0 Å². The molecule has 0 aromatic heterocycles. The van der Waals surface area contributed by atoms with Crippen molar-refractivity contribution >= 4 is 0 Å². The first kappa shape index (κ1) is 10.4. The summed E-state index contributed by atoms with van der Waals surface area (Å²) in [5, 5.41) is 9.82. The molecule has 1 aliphatic heterocycles. The Balaban J connectivity index is 1.96. The number of hydrogen-bond acceptors (Lipinski definition) is 3. The molecule has 1 saturated carbocycles. The summed E-state index contributed by atoms with van der Waals surface area (Å²) in [6.07, 6.45) is 4.59. The molecule has 2 rings (SSSR count). The van der Waals surface area contributed by atoms with Gasteiger partial charge in [0.1, 0.15) is 0 Å². The molecule has 4 atom stereocenters. The predicted octanol–water partition coefficient (Wildman–Crippen LogP) is 1.01. The van der Waals surface area contributed by atoms with Crippen molar-refractivity contribution in [1.29, 1.82) is 0 Å². The van der Waals surface area contributed by atoms with E-state index in [-0.39, 0.29) is 6.10 Å². The monoisotopic (exact) mass is 199 g/mol. The van der Waals surface area contributed by atoms with Crippen molar-refractivity contribution in [3.63, 3.8) is 0 Å². The first-order chi connectivity index (χ1) is 6.70. The maximum atomic E-state index is 9.82. The largest absolute Gasteiger partial charge is 0.391 e. The second-order valence-electron chi connectivity index (χ2n) is 4.66. The Kier molecular flexibility index (Phi) is 3.10. The fourth-order valence-electron chi connectivity index (χ4n) is 2.90. The third-order valence-electron chi connectivity index (χ3n) is 3.83. The highest BCUT2D eigenvalue weighted by molar-refractivity contribution is 4.90. The molecular formula is C11H21NO2. The number of hydrogen-bond donors (Lipinski definition) is 1. The maximum absolute atomic E-state index is 9.82. The standard InChI is InChI=1S/C11H21NO2/c1-8-9(6-7-14-8)12(2)10-4-3-5-11(10)13/h8-11,13H,3-7H2,1-2H3. The highest BCUT2D eigenvalue weighted by Gasteiger charge is 2.36. The summed E-state index contributed by atoms with van der Waals surface area (Å²) in [6, 6.07) is 0.872. The molecule has 2 aliphatic rings. The van der Waals surface area contributed by atoms with Gasteiger partial charge in [-0.05, 0) is 39.7 Å². The SMILES string of the molecule is CC1OCCC1N(C)C1CCCC1O. The summed E-state index contributed by atoms with van der Waals surface area (Å²) in [4.78, 5) is 2.34. The van der Waals surface area contributed by atoms with Crippen LogP contribution in [0.15, 0.2) is 0 Å². The normalized spacial score (nSPS) is 43.7. The van der Waals surface area contributed by atoms with Gasteiger partial charge in [0.25, 0.3) is 0 Å². The topological polar surface area (TPSA) is 32.7 Å². The van der Waals surface area contributed by atoms with Gasteiger partial charge in [0, 0.05) is 18.7 Å². The van der Waals surface area contributed by atoms with Gasteiger partial charge in [-0.1, -0.05) is 0 Å². The van der Waals surface area contributed by atoms with Crippen molar-refractivity contribution in [1.82, 2.24) is 4.90 Å². The molecule has 2 fully saturated rings. The quantitative estimate of drug-likeness (QED) is 0.720. The van der Waals surface area contributed by atoms with Crippen LogP contribution in [0.2, 0.25) is 0 Å². The summed E-state index contributed by atoms with van der Waals surface area (Å²) in [6.45, 7) is 3.01. The Morgan fingerprint density at radius 3 is 2.50 bits per heavy atom. The van der Waals surface area contributed by atoms with Crippen molar-refractivity contribution in [2.24, 2.45) is 0 Å². The van der Waals surface area contributed by atoms with E-state index in [1.807, 2.05) is 0 Å². The molecule has 0 radical (unpaired) electrons. The smallest absolute Gasteiger partial charge is 0.0703 e. The fraction of sp³-hybridized carbons (Fsp3) is 1.00. The van der Waals surface area contributed by atoms with Gasteiger partial charge >= 0.3 is 0 Å². The lowest BCUT2D eigenvalue weighted by Crippen LogP contribution is -2.46. The van der Waals surface area contributed by atoms with Gasteiger partial charge in [0.2, 0.25) is 0 Å². The number of ether oxygens (including phenoxy) is 1. The van der Waals surface area contributed by atoms with E-state index in [1.165, 1.54) is 0 Å². The van der Waals surface area contributed by atoms with Crippen molar-refractivity contribution in [3.8, 4) is 0 Å². The zero-order valence-electron chi connectivity index (χ0n) is 9.15. The Hall–Kier alpha value is -0.120. The first-order valence-electron chi connectivity index (χ1n) is 5.71. The van der Waals surface area contributed by atoms with Gasteiger partial charge in [-0.2, -0.15) is 0 Å². The van der Waals surface area contributed by atoms with E-state index in [4.69, 9.17) is 4.74 Å². The van der Waals surface area contributed by atoms with Gasteiger partial charge in [0.05, 0.1) is 12.2 Å². The first-order valence-corrected chi connectivity index (χ1v) is 5.71. The molecule has 0 bridgehead atoms.